The van der Waals surface area contributed by atoms with Crippen LogP contribution in [0.4, 0.5) is 0 Å². The smallest absolute Gasteiger partial charge is 0.185 e. The van der Waals surface area contributed by atoms with E-state index in [9.17, 15) is 9.59 Å². The Labute approximate surface area is 204 Å². The van der Waals surface area contributed by atoms with E-state index >= 15 is 0 Å². The van der Waals surface area contributed by atoms with Crippen LogP contribution in [0.25, 0.3) is 0 Å². The summed E-state index contributed by atoms with van der Waals surface area (Å²) in [6.07, 6.45) is 12.8. The molecule has 0 amide bonds. The minimum Gasteiger partial charge on any atom is -0.379 e. The molecule has 0 radical (unpaired) electrons. The van der Waals surface area contributed by atoms with Crippen molar-refractivity contribution in [2.75, 3.05) is 7.11 Å². The van der Waals surface area contributed by atoms with Crippen molar-refractivity contribution in [2.45, 2.75) is 132 Å². The Kier molecular flexibility index (Phi) is 12.9. The number of Topliss-reactive ketones (excluding diaryl/α,β-unsaturated/α-hetero) is 2. The monoisotopic (exact) mass is 460 g/mol. The Morgan fingerprint density at radius 1 is 0.697 bits per heavy atom. The third kappa shape index (κ3) is 9.89. The van der Waals surface area contributed by atoms with Gasteiger partial charge in [-0.3, -0.25) is 9.59 Å². The number of methoxy groups -OCH3 is 1. The average molecular weight is 461 g/mol. The highest BCUT2D eigenvalue weighted by Gasteiger charge is 2.30. The number of rotatable bonds is 16. The molecule has 0 aromatic heterocycles. The van der Waals surface area contributed by atoms with Gasteiger partial charge >= 0.3 is 0 Å². The van der Waals surface area contributed by atoms with E-state index in [4.69, 9.17) is 4.74 Å². The first-order valence-corrected chi connectivity index (χ1v) is 13.4. The standard InChI is InChI=1S/C30H52O3/c1-21(2)13-10-14-22(3)15-11-16-23(4)17-12-19-30(8,33-9)20-18-27-26(7)28(31)24(5)25(6)29(27)32/h21-23H,10-20H2,1-9H3/t22-,23-,30+/m1/s1. The highest BCUT2D eigenvalue weighted by atomic mass is 16.5. The molecular formula is C30H52O3. The molecule has 1 aliphatic rings. The van der Waals surface area contributed by atoms with Gasteiger partial charge in [0.15, 0.2) is 11.6 Å². The second-order valence-electron chi connectivity index (χ2n) is 11.5. The molecule has 0 aromatic rings. The van der Waals surface area contributed by atoms with Crippen molar-refractivity contribution in [1.82, 2.24) is 0 Å². The lowest BCUT2D eigenvalue weighted by Crippen LogP contribution is -2.29. The molecule has 3 heteroatoms. The van der Waals surface area contributed by atoms with E-state index in [-0.39, 0.29) is 17.2 Å². The maximum absolute atomic E-state index is 12.7. The van der Waals surface area contributed by atoms with Gasteiger partial charge in [-0.2, -0.15) is 0 Å². The summed E-state index contributed by atoms with van der Waals surface area (Å²) in [7, 11) is 1.77. The Hall–Kier alpha value is -1.22. The van der Waals surface area contributed by atoms with E-state index in [0.29, 0.717) is 28.7 Å². The SMILES string of the molecule is CO[C@@](C)(CCC[C@H](C)CCC[C@H](C)CCCC(C)C)CCC1=C(C)C(=O)C(C)=C(C)C1=O. The Bertz CT molecular complexity index is 712. The minimum atomic E-state index is -0.259. The van der Waals surface area contributed by atoms with Crippen molar-refractivity contribution in [3.63, 3.8) is 0 Å². The summed E-state index contributed by atoms with van der Waals surface area (Å²) in [6, 6.07) is 0. The van der Waals surface area contributed by atoms with Gasteiger partial charge in [0.25, 0.3) is 0 Å². The third-order valence-corrected chi connectivity index (χ3v) is 7.98. The molecule has 0 heterocycles. The van der Waals surface area contributed by atoms with Gasteiger partial charge in [0.05, 0.1) is 5.60 Å². The van der Waals surface area contributed by atoms with Crippen LogP contribution in [-0.4, -0.2) is 24.3 Å². The molecule has 1 rings (SSSR count). The van der Waals surface area contributed by atoms with Crippen molar-refractivity contribution in [3.05, 3.63) is 22.3 Å². The second-order valence-corrected chi connectivity index (χ2v) is 11.5. The number of carbonyl (C=O) groups is 2. The summed E-state index contributed by atoms with van der Waals surface area (Å²) in [5.74, 6) is 2.47. The van der Waals surface area contributed by atoms with Crippen LogP contribution in [0.2, 0.25) is 0 Å². The van der Waals surface area contributed by atoms with E-state index in [1.54, 1.807) is 27.9 Å². The molecule has 33 heavy (non-hydrogen) atoms. The van der Waals surface area contributed by atoms with Crippen LogP contribution in [0.1, 0.15) is 126 Å². The largest absolute Gasteiger partial charge is 0.379 e. The van der Waals surface area contributed by atoms with Crippen LogP contribution in [0.5, 0.6) is 0 Å². The van der Waals surface area contributed by atoms with E-state index in [1.165, 1.54) is 44.9 Å². The molecule has 0 aromatic carbocycles. The summed E-state index contributed by atoms with van der Waals surface area (Å²) in [6.45, 7) is 16.9. The van der Waals surface area contributed by atoms with E-state index < -0.39 is 0 Å². The van der Waals surface area contributed by atoms with Crippen LogP contribution in [0, 0.1) is 17.8 Å². The van der Waals surface area contributed by atoms with Crippen molar-refractivity contribution in [1.29, 1.82) is 0 Å². The van der Waals surface area contributed by atoms with Gasteiger partial charge in [0, 0.05) is 29.4 Å². The van der Waals surface area contributed by atoms with Gasteiger partial charge in [0.2, 0.25) is 0 Å². The predicted octanol–water partition coefficient (Wildman–Crippen LogP) is 8.42. The molecule has 0 aliphatic heterocycles. The van der Waals surface area contributed by atoms with Crippen LogP contribution >= 0.6 is 0 Å². The molecule has 0 saturated heterocycles. The lowest BCUT2D eigenvalue weighted by molar-refractivity contribution is -0.116. The van der Waals surface area contributed by atoms with E-state index in [1.807, 2.05) is 0 Å². The summed E-state index contributed by atoms with van der Waals surface area (Å²) < 4.78 is 5.89. The van der Waals surface area contributed by atoms with Crippen LogP contribution in [0.15, 0.2) is 22.3 Å². The Balaban J connectivity index is 2.40. The van der Waals surface area contributed by atoms with Gasteiger partial charge in [-0.1, -0.05) is 79.1 Å². The summed E-state index contributed by atoms with van der Waals surface area (Å²) in [5.41, 5.74) is 2.24. The molecule has 190 valence electrons. The highest BCUT2D eigenvalue weighted by Crippen LogP contribution is 2.32. The van der Waals surface area contributed by atoms with Crippen molar-refractivity contribution >= 4 is 11.6 Å². The first-order valence-electron chi connectivity index (χ1n) is 13.4. The molecular weight excluding hydrogens is 408 g/mol. The quantitative estimate of drug-likeness (QED) is 0.217. The number of carbonyl (C=O) groups excluding carboxylic acids is 2. The highest BCUT2D eigenvalue weighted by molar-refractivity contribution is 6.24. The fraction of sp³-hybridized carbons (Fsp3) is 0.800. The molecule has 0 spiro atoms. The van der Waals surface area contributed by atoms with Gasteiger partial charge < -0.3 is 4.74 Å². The fourth-order valence-corrected chi connectivity index (χ4v) is 4.98. The molecule has 3 atom stereocenters. The number of hydrogen-bond acceptors (Lipinski definition) is 3. The van der Waals surface area contributed by atoms with Gasteiger partial charge in [-0.25, -0.2) is 0 Å². The lowest BCUT2D eigenvalue weighted by Gasteiger charge is -2.30. The fourth-order valence-electron chi connectivity index (χ4n) is 4.98. The van der Waals surface area contributed by atoms with Crippen LogP contribution in [0.3, 0.4) is 0 Å². The maximum atomic E-state index is 12.7. The Morgan fingerprint density at radius 2 is 1.18 bits per heavy atom. The first-order chi connectivity index (χ1) is 15.4. The van der Waals surface area contributed by atoms with Crippen molar-refractivity contribution in [3.8, 4) is 0 Å². The molecule has 0 bridgehead atoms. The lowest BCUT2D eigenvalue weighted by atomic mass is 9.81. The maximum Gasteiger partial charge on any atom is 0.185 e. The predicted molar refractivity (Wildman–Crippen MR) is 140 cm³/mol. The van der Waals surface area contributed by atoms with Gasteiger partial charge in [-0.15, -0.1) is 0 Å². The number of ether oxygens (including phenoxy) is 1. The van der Waals surface area contributed by atoms with Gasteiger partial charge in [0.1, 0.15) is 0 Å². The summed E-state index contributed by atoms with van der Waals surface area (Å²) >= 11 is 0. The van der Waals surface area contributed by atoms with Crippen LogP contribution < -0.4 is 0 Å². The van der Waals surface area contributed by atoms with Crippen molar-refractivity contribution < 1.29 is 14.3 Å². The van der Waals surface area contributed by atoms with E-state index in [0.717, 1.165) is 37.0 Å². The first kappa shape index (κ1) is 29.8. The minimum absolute atomic E-state index is 0.0179. The topological polar surface area (TPSA) is 43.4 Å². The molecule has 0 fully saturated rings. The number of hydrogen-bond donors (Lipinski definition) is 0. The Morgan fingerprint density at radius 3 is 1.70 bits per heavy atom. The number of allylic oxidation sites excluding steroid dienone is 4. The third-order valence-electron chi connectivity index (χ3n) is 7.98. The average Bonchev–Trinajstić information content (AvgIpc) is 2.76. The van der Waals surface area contributed by atoms with Gasteiger partial charge in [-0.05, 0) is 64.7 Å². The zero-order valence-corrected chi connectivity index (χ0v) is 23.2. The molecule has 0 unspecified atom stereocenters. The molecule has 0 N–H and O–H groups in total. The second kappa shape index (κ2) is 14.2. The molecule has 0 saturated carbocycles. The molecule has 1 aliphatic carbocycles. The normalized spacial score (nSPS) is 18.8. The zero-order valence-electron chi connectivity index (χ0n) is 23.2. The zero-order chi connectivity index (χ0) is 25.2. The summed E-state index contributed by atoms with van der Waals surface area (Å²) in [5, 5.41) is 0. The summed E-state index contributed by atoms with van der Waals surface area (Å²) in [4.78, 5) is 25.2. The molecule has 3 nitrogen and oxygen atoms in total. The van der Waals surface area contributed by atoms with Crippen LogP contribution in [-0.2, 0) is 14.3 Å². The van der Waals surface area contributed by atoms with E-state index in [2.05, 4.69) is 34.6 Å². The number of ketones is 2. The van der Waals surface area contributed by atoms with Crippen molar-refractivity contribution in [2.24, 2.45) is 17.8 Å².